The zero-order valence-corrected chi connectivity index (χ0v) is 19.5. The molecule has 0 spiro atoms. The van der Waals surface area contributed by atoms with Crippen LogP contribution in [0.5, 0.6) is 0 Å². The largest absolute Gasteiger partial charge is 0.292 e. The van der Waals surface area contributed by atoms with Crippen molar-refractivity contribution in [3.8, 4) is 5.95 Å². The Hall–Kier alpha value is -3.51. The minimum absolute atomic E-state index is 0.0387. The van der Waals surface area contributed by atoms with Crippen LogP contribution in [0.1, 0.15) is 46.1 Å². The van der Waals surface area contributed by atoms with Crippen molar-refractivity contribution in [3.63, 3.8) is 0 Å². The van der Waals surface area contributed by atoms with E-state index in [1.165, 1.54) is 0 Å². The number of halogens is 1. The van der Waals surface area contributed by atoms with Crippen LogP contribution in [-0.4, -0.2) is 25.7 Å². The van der Waals surface area contributed by atoms with E-state index < -0.39 is 0 Å². The van der Waals surface area contributed by atoms with E-state index in [4.69, 9.17) is 16.7 Å². The fourth-order valence-electron chi connectivity index (χ4n) is 4.55. The van der Waals surface area contributed by atoms with E-state index in [0.29, 0.717) is 23.9 Å². The van der Waals surface area contributed by atoms with Crippen molar-refractivity contribution >= 4 is 23.3 Å². The molecule has 2 aromatic carbocycles. The van der Waals surface area contributed by atoms with Gasteiger partial charge in [0.1, 0.15) is 5.82 Å². The molecule has 1 amide bonds. The van der Waals surface area contributed by atoms with E-state index >= 15 is 0 Å². The van der Waals surface area contributed by atoms with Crippen LogP contribution in [0.3, 0.4) is 0 Å². The van der Waals surface area contributed by atoms with Gasteiger partial charge in [-0.1, -0.05) is 54.1 Å². The van der Waals surface area contributed by atoms with Crippen molar-refractivity contribution in [3.05, 3.63) is 99.5 Å². The molecular formula is C26H24ClN5O. The van der Waals surface area contributed by atoms with Gasteiger partial charge in [0, 0.05) is 34.3 Å². The molecule has 0 saturated carbocycles. The summed E-state index contributed by atoms with van der Waals surface area (Å²) in [7, 11) is 0. The van der Waals surface area contributed by atoms with E-state index in [1.807, 2.05) is 69.3 Å². The van der Waals surface area contributed by atoms with E-state index in [-0.39, 0.29) is 11.8 Å². The van der Waals surface area contributed by atoms with Gasteiger partial charge >= 0.3 is 0 Å². The highest BCUT2D eigenvalue weighted by Gasteiger charge is 2.38. The Morgan fingerprint density at radius 3 is 2.30 bits per heavy atom. The summed E-state index contributed by atoms with van der Waals surface area (Å²) in [5.74, 6) is 1.17. The first-order valence-electron chi connectivity index (χ1n) is 10.9. The Morgan fingerprint density at radius 1 is 0.970 bits per heavy atom. The first kappa shape index (κ1) is 21.3. The summed E-state index contributed by atoms with van der Waals surface area (Å²) in [5.41, 5.74) is 5.70. The van der Waals surface area contributed by atoms with Crippen molar-refractivity contribution in [2.24, 2.45) is 0 Å². The van der Waals surface area contributed by atoms with Crippen LogP contribution in [0.25, 0.3) is 5.95 Å². The highest BCUT2D eigenvalue weighted by atomic mass is 35.5. The van der Waals surface area contributed by atoms with Crippen molar-refractivity contribution in [1.82, 2.24) is 19.7 Å². The number of aromatic nitrogens is 4. The van der Waals surface area contributed by atoms with Gasteiger partial charge in [-0.3, -0.25) is 9.69 Å². The SMILES string of the molecule is Cc1cc(C)nc(-n2nc(C)c3c2N(Cc2ccc(Cl)cc2)C(=O)C[C@H]3c2ccccc2)n1. The minimum Gasteiger partial charge on any atom is -0.292 e. The molecule has 6 nitrogen and oxygen atoms in total. The van der Waals surface area contributed by atoms with Gasteiger partial charge in [0.15, 0.2) is 0 Å². The number of anilines is 1. The molecule has 4 aromatic rings. The average molecular weight is 458 g/mol. The predicted molar refractivity (Wildman–Crippen MR) is 129 cm³/mol. The molecule has 0 unspecified atom stereocenters. The molecule has 0 N–H and O–H groups in total. The van der Waals surface area contributed by atoms with Crippen LogP contribution in [-0.2, 0) is 11.3 Å². The van der Waals surface area contributed by atoms with Crippen molar-refractivity contribution < 1.29 is 4.79 Å². The molecular weight excluding hydrogens is 434 g/mol. The molecule has 0 bridgehead atoms. The van der Waals surface area contributed by atoms with Crippen LogP contribution in [0.15, 0.2) is 60.7 Å². The van der Waals surface area contributed by atoms with Crippen molar-refractivity contribution in [1.29, 1.82) is 0 Å². The number of aryl methyl sites for hydroxylation is 3. The molecule has 7 heteroatoms. The Bertz CT molecular complexity index is 1310. The number of amides is 1. The monoisotopic (exact) mass is 457 g/mol. The lowest BCUT2D eigenvalue weighted by molar-refractivity contribution is -0.119. The lowest BCUT2D eigenvalue weighted by Crippen LogP contribution is -2.38. The smallest absolute Gasteiger partial charge is 0.252 e. The fourth-order valence-corrected chi connectivity index (χ4v) is 4.67. The molecule has 0 fully saturated rings. The van der Waals surface area contributed by atoms with Crippen LogP contribution in [0.2, 0.25) is 5.02 Å². The Morgan fingerprint density at radius 2 is 1.64 bits per heavy atom. The summed E-state index contributed by atoms with van der Waals surface area (Å²) in [4.78, 5) is 24.6. The zero-order valence-electron chi connectivity index (χ0n) is 18.8. The van der Waals surface area contributed by atoms with Crippen molar-refractivity contribution in [2.45, 2.75) is 39.7 Å². The second kappa shape index (κ2) is 8.45. The quantitative estimate of drug-likeness (QED) is 0.416. The average Bonchev–Trinajstić information content (AvgIpc) is 3.14. The topological polar surface area (TPSA) is 63.9 Å². The van der Waals surface area contributed by atoms with E-state index in [9.17, 15) is 4.79 Å². The molecule has 3 heterocycles. The highest BCUT2D eigenvalue weighted by molar-refractivity contribution is 6.30. The lowest BCUT2D eigenvalue weighted by atomic mass is 9.85. The predicted octanol–water partition coefficient (Wildman–Crippen LogP) is 5.31. The Kier molecular flexibility index (Phi) is 5.46. The molecule has 1 aliphatic rings. The molecule has 166 valence electrons. The number of carbonyl (C=O) groups is 1. The normalized spacial score (nSPS) is 15.6. The Labute approximate surface area is 197 Å². The molecule has 2 aromatic heterocycles. The number of rotatable bonds is 4. The molecule has 0 aliphatic carbocycles. The summed E-state index contributed by atoms with van der Waals surface area (Å²) in [5, 5.41) is 5.50. The number of hydrogen-bond donors (Lipinski definition) is 0. The van der Waals surface area contributed by atoms with E-state index in [2.05, 4.69) is 22.1 Å². The van der Waals surface area contributed by atoms with Gasteiger partial charge in [0.2, 0.25) is 5.91 Å². The van der Waals surface area contributed by atoms with E-state index in [0.717, 1.165) is 39.6 Å². The molecule has 1 aliphatic heterocycles. The molecule has 5 rings (SSSR count). The van der Waals surface area contributed by atoms with Gasteiger partial charge < -0.3 is 0 Å². The first-order valence-corrected chi connectivity index (χ1v) is 11.3. The summed E-state index contributed by atoms with van der Waals surface area (Å²) in [6, 6.07) is 19.6. The van der Waals surface area contributed by atoms with Crippen LogP contribution in [0.4, 0.5) is 5.82 Å². The van der Waals surface area contributed by atoms with Crippen molar-refractivity contribution in [2.75, 3.05) is 4.90 Å². The van der Waals surface area contributed by atoms with Gasteiger partial charge in [-0.05, 0) is 50.1 Å². The number of carbonyl (C=O) groups excluding carboxylic acids is 1. The maximum absolute atomic E-state index is 13.6. The third-order valence-electron chi connectivity index (χ3n) is 5.98. The van der Waals surface area contributed by atoms with Crippen LogP contribution >= 0.6 is 11.6 Å². The highest BCUT2D eigenvalue weighted by Crippen LogP contribution is 2.43. The standard InChI is InChI=1S/C26H24ClN5O/c1-16-13-17(2)29-26(28-16)32-25-24(18(3)30-32)22(20-7-5-4-6-8-20)14-23(33)31(25)15-19-9-11-21(27)12-10-19/h4-13,22H,14-15H2,1-3H3/t22-/m0/s1. The van der Waals surface area contributed by atoms with Gasteiger partial charge in [0.25, 0.3) is 5.95 Å². The van der Waals surface area contributed by atoms with Crippen LogP contribution in [0, 0.1) is 20.8 Å². The number of fused-ring (bicyclic) bond motifs is 1. The summed E-state index contributed by atoms with van der Waals surface area (Å²) in [6.07, 6.45) is 0.380. The molecule has 33 heavy (non-hydrogen) atoms. The second-order valence-corrected chi connectivity index (χ2v) is 8.90. The molecule has 0 saturated heterocycles. The minimum atomic E-state index is -0.0742. The number of hydrogen-bond acceptors (Lipinski definition) is 4. The van der Waals surface area contributed by atoms with Crippen LogP contribution < -0.4 is 4.90 Å². The third kappa shape index (κ3) is 4.02. The van der Waals surface area contributed by atoms with Gasteiger partial charge in [-0.25, -0.2) is 9.97 Å². The maximum Gasteiger partial charge on any atom is 0.252 e. The molecule has 1 atom stereocenters. The summed E-state index contributed by atoms with van der Waals surface area (Å²) in [6.45, 7) is 6.28. The summed E-state index contributed by atoms with van der Waals surface area (Å²) >= 11 is 6.08. The lowest BCUT2D eigenvalue weighted by Gasteiger charge is -2.33. The first-order chi connectivity index (χ1) is 15.9. The maximum atomic E-state index is 13.6. The van der Waals surface area contributed by atoms with Gasteiger partial charge in [0.05, 0.1) is 12.2 Å². The summed E-state index contributed by atoms with van der Waals surface area (Å²) < 4.78 is 1.73. The zero-order chi connectivity index (χ0) is 23.1. The van der Waals surface area contributed by atoms with Gasteiger partial charge in [-0.15, -0.1) is 0 Å². The Balaban J connectivity index is 1.70. The third-order valence-corrected chi connectivity index (χ3v) is 6.23. The number of nitrogens with zero attached hydrogens (tertiary/aromatic N) is 5. The number of benzene rings is 2. The fraction of sp³-hybridized carbons (Fsp3) is 0.231. The molecule has 0 radical (unpaired) electrons. The van der Waals surface area contributed by atoms with E-state index in [1.54, 1.807) is 9.58 Å². The van der Waals surface area contributed by atoms with Gasteiger partial charge in [-0.2, -0.15) is 9.78 Å². The second-order valence-electron chi connectivity index (χ2n) is 8.46.